The zero-order chi connectivity index (χ0) is 6.41. The number of carbonyl (C=O) groups excluding carboxylic acids is 1. The Balaban J connectivity index is 2.82. The number of ketones is 1. The van der Waals surface area contributed by atoms with Crippen LogP contribution in [0, 0.1) is 0 Å². The lowest BCUT2D eigenvalue weighted by Gasteiger charge is -1.90. The van der Waals surface area contributed by atoms with Crippen molar-refractivity contribution in [3.63, 3.8) is 0 Å². The van der Waals surface area contributed by atoms with Crippen molar-refractivity contribution in [1.82, 2.24) is 0 Å². The topological polar surface area (TPSA) is 17.1 Å². The summed E-state index contributed by atoms with van der Waals surface area (Å²) in [5, 5.41) is 0. The van der Waals surface area contributed by atoms with E-state index in [2.05, 4.69) is 6.26 Å². The van der Waals surface area contributed by atoms with Gasteiger partial charge in [-0.3, -0.25) is 0 Å². The van der Waals surface area contributed by atoms with E-state index in [1.807, 2.05) is 0 Å². The van der Waals surface area contributed by atoms with Crippen molar-refractivity contribution in [2.75, 3.05) is 12.0 Å². The molecule has 0 saturated carbocycles. The van der Waals surface area contributed by atoms with Gasteiger partial charge in [-0.05, 0) is 25.4 Å². The molecule has 2 heteroatoms. The minimum absolute atomic E-state index is 0.305. The molecule has 0 radical (unpaired) electrons. The third-order valence-corrected chi connectivity index (χ3v) is 1.57. The van der Waals surface area contributed by atoms with E-state index in [9.17, 15) is 4.79 Å². The first-order valence-electron chi connectivity index (χ1n) is 2.75. The highest BCUT2D eigenvalue weighted by atomic mass is 32.2. The van der Waals surface area contributed by atoms with Gasteiger partial charge in [0.15, 0.2) is 0 Å². The van der Waals surface area contributed by atoms with E-state index in [1.165, 1.54) is 0 Å². The Kier molecular flexibility index (Phi) is 5.18. The third-order valence-electron chi connectivity index (χ3n) is 0.877. The summed E-state index contributed by atoms with van der Waals surface area (Å²) in [6, 6.07) is 0. The van der Waals surface area contributed by atoms with Gasteiger partial charge in [-0.1, -0.05) is 0 Å². The maximum Gasteiger partial charge on any atom is 0.129 e. The first kappa shape index (κ1) is 8.02. The molecule has 0 heterocycles. The van der Waals surface area contributed by atoms with Crippen molar-refractivity contribution in [3.05, 3.63) is 0 Å². The normalized spacial score (nSPS) is 9.25. The molecule has 0 fully saturated rings. The van der Waals surface area contributed by atoms with Crippen molar-refractivity contribution in [1.29, 1.82) is 0 Å². The number of hydrogen-bond acceptors (Lipinski definition) is 2. The summed E-state index contributed by atoms with van der Waals surface area (Å²) in [6.45, 7) is 1.64. The molecule has 1 nitrogen and oxygen atoms in total. The Morgan fingerprint density at radius 1 is 1.62 bits per heavy atom. The van der Waals surface area contributed by atoms with Gasteiger partial charge in [0.2, 0.25) is 0 Å². The second-order valence-corrected chi connectivity index (χ2v) is 2.78. The zero-order valence-corrected chi connectivity index (χ0v) is 6.25. The fraction of sp³-hybridized carbons (Fsp3) is 0.833. The van der Waals surface area contributed by atoms with Crippen LogP contribution in [0.4, 0.5) is 0 Å². The average molecular weight is 132 g/mol. The van der Waals surface area contributed by atoms with Crippen LogP contribution < -0.4 is 0 Å². The van der Waals surface area contributed by atoms with E-state index in [-0.39, 0.29) is 0 Å². The SMILES string of the molecule is CSCCCC(C)=O. The second-order valence-electron chi connectivity index (χ2n) is 1.80. The lowest BCUT2D eigenvalue weighted by Crippen LogP contribution is -1.89. The highest BCUT2D eigenvalue weighted by Crippen LogP contribution is 1.98. The van der Waals surface area contributed by atoms with Crippen LogP contribution in [0.25, 0.3) is 0 Å². The van der Waals surface area contributed by atoms with E-state index in [4.69, 9.17) is 0 Å². The molecular weight excluding hydrogens is 120 g/mol. The Labute approximate surface area is 54.8 Å². The van der Waals surface area contributed by atoms with Crippen LogP contribution in [0.5, 0.6) is 0 Å². The van der Waals surface area contributed by atoms with Gasteiger partial charge in [-0.2, -0.15) is 11.8 Å². The highest BCUT2D eigenvalue weighted by Gasteiger charge is 1.89. The first-order chi connectivity index (χ1) is 3.77. The predicted octanol–water partition coefficient (Wildman–Crippen LogP) is 1.72. The van der Waals surface area contributed by atoms with E-state index in [0.29, 0.717) is 5.78 Å². The van der Waals surface area contributed by atoms with Crippen LogP contribution in [0.15, 0.2) is 0 Å². The average Bonchev–Trinajstić information content (AvgIpc) is 1.66. The van der Waals surface area contributed by atoms with E-state index >= 15 is 0 Å². The molecule has 0 unspecified atom stereocenters. The molecule has 0 aliphatic heterocycles. The van der Waals surface area contributed by atoms with Crippen molar-refractivity contribution in [3.8, 4) is 0 Å². The second kappa shape index (κ2) is 5.16. The maximum atomic E-state index is 10.3. The van der Waals surface area contributed by atoms with Crippen LogP contribution in [0.3, 0.4) is 0 Å². The third kappa shape index (κ3) is 6.02. The molecule has 0 saturated heterocycles. The summed E-state index contributed by atoms with van der Waals surface area (Å²) in [6.07, 6.45) is 3.84. The van der Waals surface area contributed by atoms with Gasteiger partial charge >= 0.3 is 0 Å². The molecule has 0 bridgehead atoms. The first-order valence-corrected chi connectivity index (χ1v) is 4.15. The lowest BCUT2D eigenvalue weighted by molar-refractivity contribution is -0.117. The van der Waals surface area contributed by atoms with Gasteiger partial charge in [0.05, 0.1) is 0 Å². The van der Waals surface area contributed by atoms with Gasteiger partial charge in [0.1, 0.15) is 5.78 Å². The predicted molar refractivity (Wildman–Crippen MR) is 38.3 cm³/mol. The van der Waals surface area contributed by atoms with Crippen molar-refractivity contribution < 1.29 is 4.79 Å². The van der Waals surface area contributed by atoms with E-state index in [1.54, 1.807) is 18.7 Å². The molecule has 48 valence electrons. The van der Waals surface area contributed by atoms with Crippen molar-refractivity contribution >= 4 is 17.5 Å². The smallest absolute Gasteiger partial charge is 0.129 e. The van der Waals surface area contributed by atoms with Gasteiger partial charge in [0.25, 0.3) is 0 Å². The number of carbonyl (C=O) groups is 1. The molecule has 0 N–H and O–H groups in total. The minimum Gasteiger partial charge on any atom is -0.300 e. The molecule has 0 amide bonds. The Hall–Kier alpha value is 0.0200. The molecule has 0 aromatic heterocycles. The summed E-state index contributed by atoms with van der Waals surface area (Å²) in [5.41, 5.74) is 0. The summed E-state index contributed by atoms with van der Waals surface area (Å²) < 4.78 is 0. The molecule has 0 spiro atoms. The molecule has 0 atom stereocenters. The lowest BCUT2D eigenvalue weighted by atomic mass is 10.3. The summed E-state index contributed by atoms with van der Waals surface area (Å²) >= 11 is 1.79. The fourth-order valence-electron chi connectivity index (χ4n) is 0.465. The molecular formula is C6H12OS. The van der Waals surface area contributed by atoms with Crippen LogP contribution in [-0.2, 0) is 4.79 Å². The maximum absolute atomic E-state index is 10.3. The molecule has 8 heavy (non-hydrogen) atoms. The Bertz CT molecular complexity index is 70.9. The summed E-state index contributed by atoms with van der Waals surface area (Å²) in [7, 11) is 0. The van der Waals surface area contributed by atoms with Gasteiger partial charge in [-0.15, -0.1) is 0 Å². The van der Waals surface area contributed by atoms with Crippen LogP contribution in [-0.4, -0.2) is 17.8 Å². The van der Waals surface area contributed by atoms with Crippen molar-refractivity contribution in [2.24, 2.45) is 0 Å². The number of Topliss-reactive ketones (excluding diaryl/α,β-unsaturated/α-hetero) is 1. The highest BCUT2D eigenvalue weighted by molar-refractivity contribution is 7.98. The largest absolute Gasteiger partial charge is 0.300 e. The fourth-order valence-corrected chi connectivity index (χ4v) is 0.898. The monoisotopic (exact) mass is 132 g/mol. The number of hydrogen-bond donors (Lipinski definition) is 0. The molecule has 0 aromatic rings. The van der Waals surface area contributed by atoms with Crippen LogP contribution >= 0.6 is 11.8 Å². The van der Waals surface area contributed by atoms with Gasteiger partial charge in [0, 0.05) is 6.42 Å². The number of thioether (sulfide) groups is 1. The Morgan fingerprint density at radius 3 is 2.62 bits per heavy atom. The van der Waals surface area contributed by atoms with E-state index < -0.39 is 0 Å². The van der Waals surface area contributed by atoms with E-state index in [0.717, 1.165) is 18.6 Å². The summed E-state index contributed by atoms with van der Waals surface area (Å²) in [5.74, 6) is 1.42. The molecule has 0 aliphatic carbocycles. The van der Waals surface area contributed by atoms with Gasteiger partial charge < -0.3 is 4.79 Å². The summed E-state index contributed by atoms with van der Waals surface area (Å²) in [4.78, 5) is 10.3. The standard InChI is InChI=1S/C6H12OS/c1-6(7)4-3-5-8-2/h3-5H2,1-2H3. The van der Waals surface area contributed by atoms with Crippen LogP contribution in [0.1, 0.15) is 19.8 Å². The van der Waals surface area contributed by atoms with Gasteiger partial charge in [-0.25, -0.2) is 0 Å². The van der Waals surface area contributed by atoms with Crippen molar-refractivity contribution in [2.45, 2.75) is 19.8 Å². The molecule has 0 aromatic carbocycles. The minimum atomic E-state index is 0.305. The quantitative estimate of drug-likeness (QED) is 0.542. The van der Waals surface area contributed by atoms with Crippen LogP contribution in [0.2, 0.25) is 0 Å². The Morgan fingerprint density at radius 2 is 2.25 bits per heavy atom. The number of rotatable bonds is 4. The molecule has 0 aliphatic rings. The molecule has 0 rings (SSSR count). The zero-order valence-electron chi connectivity index (χ0n) is 5.44.